The molecule has 3 rings (SSSR count). The molecule has 1 aliphatic heterocycles. The molecular weight excluding hydrogens is 224 g/mol. The summed E-state index contributed by atoms with van der Waals surface area (Å²) in [5, 5.41) is 14.4. The number of hydrogen-bond acceptors (Lipinski definition) is 2. The van der Waals surface area contributed by atoms with E-state index in [1.54, 1.807) is 0 Å². The van der Waals surface area contributed by atoms with Gasteiger partial charge in [-0.05, 0) is 12.8 Å². The number of nitrogens with zero attached hydrogens (tertiary/aromatic N) is 2. The Bertz CT molecular complexity index is 447. The topological polar surface area (TPSA) is 32.6 Å². The van der Waals surface area contributed by atoms with E-state index in [1.165, 1.54) is 5.69 Å². The van der Waals surface area contributed by atoms with Gasteiger partial charge in [0.1, 0.15) is 12.2 Å². The molecule has 94 valence electrons. The van der Waals surface area contributed by atoms with Crippen LogP contribution in [0.25, 0.3) is 0 Å². The van der Waals surface area contributed by atoms with Gasteiger partial charge in [-0.15, -0.1) is 4.59 Å². The van der Waals surface area contributed by atoms with Crippen molar-refractivity contribution >= 4 is 11.9 Å². The predicted octanol–water partition coefficient (Wildman–Crippen LogP) is 2.81. The summed E-state index contributed by atoms with van der Waals surface area (Å²) < 4.78 is 0.577. The fourth-order valence-corrected chi connectivity index (χ4v) is 3.06. The first-order valence-corrected chi connectivity index (χ1v) is 6.67. The first-order chi connectivity index (χ1) is 8.81. The molecule has 2 aliphatic rings. The smallest absolute Gasteiger partial charge is 0.164 e. The van der Waals surface area contributed by atoms with Crippen LogP contribution in [0.1, 0.15) is 25.7 Å². The summed E-state index contributed by atoms with van der Waals surface area (Å²) in [7, 11) is 0. The molecule has 0 amide bonds. The van der Waals surface area contributed by atoms with Gasteiger partial charge in [0.05, 0.1) is 12.3 Å². The molecule has 0 radical (unpaired) electrons. The summed E-state index contributed by atoms with van der Waals surface area (Å²) in [6.07, 6.45) is 9.79. The number of aliphatic hydroxyl groups is 1. The number of benzene rings is 1. The molecule has 1 aromatic rings. The van der Waals surface area contributed by atoms with Crippen molar-refractivity contribution < 1.29 is 5.11 Å². The Labute approximate surface area is 108 Å². The summed E-state index contributed by atoms with van der Waals surface area (Å²) in [5.41, 5.74) is 1.21. The van der Waals surface area contributed by atoms with E-state index in [4.69, 9.17) is 5.10 Å². The van der Waals surface area contributed by atoms with Crippen LogP contribution in [-0.2, 0) is 0 Å². The molecule has 1 unspecified atom stereocenters. The van der Waals surface area contributed by atoms with Crippen LogP contribution >= 0.6 is 0 Å². The lowest BCUT2D eigenvalue weighted by atomic mass is 9.91. The van der Waals surface area contributed by atoms with Crippen LogP contribution < -0.4 is 4.59 Å². The van der Waals surface area contributed by atoms with Crippen LogP contribution in [0.4, 0.5) is 5.69 Å². The minimum Gasteiger partial charge on any atom is -0.393 e. The number of allylic oxidation sites excluding steroid dienone is 1. The summed E-state index contributed by atoms with van der Waals surface area (Å²) in [4.78, 5) is 0. The molecule has 1 aromatic carbocycles. The average molecular weight is 243 g/mol. The third-order valence-electron chi connectivity index (χ3n) is 4.05. The number of rotatable bonds is 2. The minimum atomic E-state index is -0.118. The second kappa shape index (κ2) is 4.67. The maximum Gasteiger partial charge on any atom is 0.164 e. The van der Waals surface area contributed by atoms with Gasteiger partial charge in [0.15, 0.2) is 5.69 Å². The van der Waals surface area contributed by atoms with Gasteiger partial charge in [0.25, 0.3) is 0 Å². The van der Waals surface area contributed by atoms with E-state index in [9.17, 15) is 5.11 Å². The van der Waals surface area contributed by atoms with Gasteiger partial charge in [-0.25, -0.2) is 0 Å². The highest BCUT2D eigenvalue weighted by atomic mass is 16.3. The highest BCUT2D eigenvalue weighted by molar-refractivity contribution is 5.75. The SMILES string of the molecule is OC1CCC([N+]2(c3ccccc3)C=CC=N2)CC1. The largest absolute Gasteiger partial charge is 0.393 e. The molecule has 0 spiro atoms. The second-order valence-electron chi connectivity index (χ2n) is 5.14. The standard InChI is InChI=1S/C15H19N2O/c18-15-9-7-14(8-10-15)17(12-4-11-16-17)13-5-2-1-3-6-13/h1-6,11-12,14-15,18H,7-10H2/q+1. The molecule has 1 fully saturated rings. The van der Waals surface area contributed by atoms with Crippen molar-refractivity contribution in [1.82, 2.24) is 4.59 Å². The Morgan fingerprint density at radius 3 is 2.39 bits per heavy atom. The van der Waals surface area contributed by atoms with Crippen LogP contribution in [0.3, 0.4) is 0 Å². The van der Waals surface area contributed by atoms with Gasteiger partial charge in [-0.3, -0.25) is 0 Å². The number of aliphatic hydroxyl groups excluding tert-OH is 1. The van der Waals surface area contributed by atoms with E-state index >= 15 is 0 Å². The maximum absolute atomic E-state index is 9.66. The van der Waals surface area contributed by atoms with Crippen molar-refractivity contribution in [2.45, 2.75) is 37.8 Å². The Morgan fingerprint density at radius 2 is 1.78 bits per heavy atom. The first-order valence-electron chi connectivity index (χ1n) is 6.67. The summed E-state index contributed by atoms with van der Waals surface area (Å²) in [6.45, 7) is 0. The van der Waals surface area contributed by atoms with Crippen molar-refractivity contribution in [1.29, 1.82) is 0 Å². The van der Waals surface area contributed by atoms with Crippen LogP contribution in [0.2, 0.25) is 0 Å². The van der Waals surface area contributed by atoms with E-state index in [1.807, 2.05) is 18.4 Å². The van der Waals surface area contributed by atoms with Crippen molar-refractivity contribution in [2.75, 3.05) is 0 Å². The van der Waals surface area contributed by atoms with Crippen molar-refractivity contribution in [3.63, 3.8) is 0 Å². The van der Waals surface area contributed by atoms with Gasteiger partial charge in [-0.1, -0.05) is 23.3 Å². The zero-order valence-corrected chi connectivity index (χ0v) is 10.4. The van der Waals surface area contributed by atoms with Gasteiger partial charge >= 0.3 is 0 Å². The molecule has 0 saturated heterocycles. The molecule has 3 heteroatoms. The molecule has 1 atom stereocenters. The second-order valence-corrected chi connectivity index (χ2v) is 5.14. The summed E-state index contributed by atoms with van der Waals surface area (Å²) in [5.74, 6) is 0. The summed E-state index contributed by atoms with van der Waals surface area (Å²) in [6, 6.07) is 10.9. The zero-order valence-electron chi connectivity index (χ0n) is 10.4. The molecular formula is C15H19N2O+. The number of para-hydroxylation sites is 1. The maximum atomic E-state index is 9.66. The summed E-state index contributed by atoms with van der Waals surface area (Å²) >= 11 is 0. The Morgan fingerprint density at radius 1 is 1.06 bits per heavy atom. The molecule has 1 aliphatic carbocycles. The third-order valence-corrected chi connectivity index (χ3v) is 4.05. The molecule has 3 nitrogen and oxygen atoms in total. The molecule has 0 aromatic heterocycles. The quantitative estimate of drug-likeness (QED) is 0.796. The van der Waals surface area contributed by atoms with Gasteiger partial charge in [0, 0.05) is 31.1 Å². The van der Waals surface area contributed by atoms with Crippen molar-refractivity contribution in [3.8, 4) is 0 Å². The predicted molar refractivity (Wildman–Crippen MR) is 74.1 cm³/mol. The fourth-order valence-electron chi connectivity index (χ4n) is 3.06. The molecule has 0 bridgehead atoms. The monoisotopic (exact) mass is 243 g/mol. The lowest BCUT2D eigenvalue weighted by molar-refractivity contribution is 0.0940. The fraction of sp³-hybridized carbons (Fsp3) is 0.400. The number of quaternary nitrogens is 1. The van der Waals surface area contributed by atoms with E-state index in [-0.39, 0.29) is 6.10 Å². The zero-order chi connectivity index (χ0) is 12.4. The Hall–Kier alpha value is -1.45. The van der Waals surface area contributed by atoms with E-state index in [2.05, 4.69) is 30.5 Å². The van der Waals surface area contributed by atoms with Crippen molar-refractivity contribution in [3.05, 3.63) is 42.6 Å². The lowest BCUT2D eigenvalue weighted by Gasteiger charge is -2.37. The normalized spacial score (nSPS) is 34.9. The Balaban J connectivity index is 1.93. The first kappa shape index (κ1) is 11.6. The highest BCUT2D eigenvalue weighted by Gasteiger charge is 2.41. The minimum absolute atomic E-state index is 0.118. The molecule has 1 heterocycles. The van der Waals surface area contributed by atoms with Crippen LogP contribution in [-0.4, -0.2) is 23.5 Å². The van der Waals surface area contributed by atoms with Crippen LogP contribution in [0.5, 0.6) is 0 Å². The number of hydrogen-bond donors (Lipinski definition) is 1. The van der Waals surface area contributed by atoms with E-state index in [0.717, 1.165) is 25.7 Å². The molecule has 18 heavy (non-hydrogen) atoms. The molecule has 1 saturated carbocycles. The van der Waals surface area contributed by atoms with E-state index in [0.29, 0.717) is 10.6 Å². The van der Waals surface area contributed by atoms with Gasteiger partial charge in [-0.2, -0.15) is 0 Å². The van der Waals surface area contributed by atoms with Gasteiger partial charge in [0.2, 0.25) is 0 Å². The highest BCUT2D eigenvalue weighted by Crippen LogP contribution is 2.36. The van der Waals surface area contributed by atoms with E-state index < -0.39 is 0 Å². The van der Waals surface area contributed by atoms with Crippen LogP contribution in [0.15, 0.2) is 47.7 Å². The van der Waals surface area contributed by atoms with Crippen LogP contribution in [0, 0.1) is 0 Å². The lowest BCUT2D eigenvalue weighted by Crippen LogP contribution is -2.48. The van der Waals surface area contributed by atoms with Crippen molar-refractivity contribution in [2.24, 2.45) is 5.10 Å². The van der Waals surface area contributed by atoms with Gasteiger partial charge < -0.3 is 5.11 Å². The Kier molecular flexibility index (Phi) is 3.02. The average Bonchev–Trinajstić information content (AvgIpc) is 2.91. The molecule has 1 N–H and O–H groups in total. The third kappa shape index (κ3) is 1.89.